The molecule has 1 amide bonds. The molecule has 29 heavy (non-hydrogen) atoms. The average Bonchev–Trinajstić information content (AvgIpc) is 3.40. The molecule has 6 heteroatoms. The second-order valence-electron chi connectivity index (χ2n) is 7.05. The highest BCUT2D eigenvalue weighted by Gasteiger charge is 2.36. The van der Waals surface area contributed by atoms with E-state index in [9.17, 15) is 4.79 Å². The molecule has 0 N–H and O–H groups in total. The van der Waals surface area contributed by atoms with Crippen LogP contribution in [0, 0.1) is 5.92 Å². The molecule has 2 aliphatic rings. The summed E-state index contributed by atoms with van der Waals surface area (Å²) in [6, 6.07) is 19.0. The van der Waals surface area contributed by atoms with Gasteiger partial charge in [0.15, 0.2) is 0 Å². The van der Waals surface area contributed by atoms with Crippen molar-refractivity contribution in [3.8, 4) is 0 Å². The maximum atomic E-state index is 12.7. The van der Waals surface area contributed by atoms with Gasteiger partial charge in [-0.05, 0) is 35.4 Å². The van der Waals surface area contributed by atoms with Gasteiger partial charge in [0.2, 0.25) is 12.7 Å². The molecular formula is C23H25NO3S2. The Morgan fingerprint density at radius 3 is 2.66 bits per heavy atom. The molecule has 0 saturated carbocycles. The molecule has 152 valence electrons. The Morgan fingerprint density at radius 1 is 1.17 bits per heavy atom. The zero-order chi connectivity index (χ0) is 20.1. The number of benzene rings is 2. The van der Waals surface area contributed by atoms with Crippen LogP contribution in [0.1, 0.15) is 23.4 Å². The van der Waals surface area contributed by atoms with Gasteiger partial charge in [0.1, 0.15) is 17.4 Å². The van der Waals surface area contributed by atoms with Gasteiger partial charge in [0.25, 0.3) is 0 Å². The quantitative estimate of drug-likeness (QED) is 0.550. The van der Waals surface area contributed by atoms with Crippen molar-refractivity contribution in [2.45, 2.75) is 23.6 Å². The van der Waals surface area contributed by atoms with Crippen molar-refractivity contribution in [3.63, 3.8) is 0 Å². The fourth-order valence-electron chi connectivity index (χ4n) is 3.68. The molecule has 0 bridgehead atoms. The van der Waals surface area contributed by atoms with Crippen molar-refractivity contribution in [3.05, 3.63) is 77.7 Å². The number of amides is 1. The minimum Gasteiger partial charge on any atom is -0.462 e. The van der Waals surface area contributed by atoms with Gasteiger partial charge in [-0.25, -0.2) is 0 Å². The summed E-state index contributed by atoms with van der Waals surface area (Å²) in [5.41, 5.74) is 2.41. The second-order valence-corrected chi connectivity index (χ2v) is 9.45. The van der Waals surface area contributed by atoms with E-state index in [1.165, 1.54) is 16.0 Å². The molecule has 0 aromatic heterocycles. The Morgan fingerprint density at radius 2 is 1.97 bits per heavy atom. The smallest absolute Gasteiger partial charge is 0.233 e. The zero-order valence-electron chi connectivity index (χ0n) is 16.5. The molecule has 2 aromatic rings. The van der Waals surface area contributed by atoms with E-state index in [1.54, 1.807) is 18.0 Å². The molecule has 4 nitrogen and oxygen atoms in total. The molecule has 2 heterocycles. The first-order valence-corrected chi connectivity index (χ1v) is 11.9. The molecule has 1 fully saturated rings. The van der Waals surface area contributed by atoms with Crippen LogP contribution in [0.3, 0.4) is 0 Å². The van der Waals surface area contributed by atoms with Crippen LogP contribution in [-0.4, -0.2) is 35.7 Å². The summed E-state index contributed by atoms with van der Waals surface area (Å²) in [7, 11) is 0. The monoisotopic (exact) mass is 427 g/mol. The number of hydrogen-bond acceptors (Lipinski definition) is 5. The van der Waals surface area contributed by atoms with Gasteiger partial charge >= 0.3 is 0 Å². The summed E-state index contributed by atoms with van der Waals surface area (Å²) in [4.78, 5) is 16.0. The van der Waals surface area contributed by atoms with E-state index in [-0.39, 0.29) is 24.0 Å². The average molecular weight is 428 g/mol. The summed E-state index contributed by atoms with van der Waals surface area (Å²) in [5, 5.41) is 0.0457. The summed E-state index contributed by atoms with van der Waals surface area (Å²) < 4.78 is 11.0. The number of thioether (sulfide) groups is 2. The second kappa shape index (κ2) is 9.63. The van der Waals surface area contributed by atoms with Gasteiger partial charge in [-0.15, -0.1) is 23.5 Å². The van der Waals surface area contributed by atoms with Crippen LogP contribution in [-0.2, 0) is 20.7 Å². The molecule has 0 aliphatic carbocycles. The van der Waals surface area contributed by atoms with Crippen molar-refractivity contribution in [2.75, 3.05) is 24.8 Å². The number of hydrogen-bond donors (Lipinski definition) is 0. The minimum absolute atomic E-state index is 0.0457. The van der Waals surface area contributed by atoms with Crippen LogP contribution >= 0.6 is 23.5 Å². The summed E-state index contributed by atoms with van der Waals surface area (Å²) in [6.45, 7) is 3.03. The van der Waals surface area contributed by atoms with Crippen molar-refractivity contribution in [1.29, 1.82) is 0 Å². The van der Waals surface area contributed by atoms with Gasteiger partial charge < -0.3 is 14.4 Å². The van der Waals surface area contributed by atoms with E-state index in [0.29, 0.717) is 12.3 Å². The zero-order valence-corrected chi connectivity index (χ0v) is 18.1. The van der Waals surface area contributed by atoms with Crippen molar-refractivity contribution in [2.24, 2.45) is 5.92 Å². The number of nitrogens with zero attached hydrogens (tertiary/aromatic N) is 1. The highest BCUT2D eigenvalue weighted by molar-refractivity contribution is 8.00. The van der Waals surface area contributed by atoms with Gasteiger partial charge in [-0.3, -0.25) is 4.79 Å². The third-order valence-electron chi connectivity index (χ3n) is 5.08. The standard InChI is InChI=1S/C23H25NO3S2/c1-2-28-20-10-8-18(9-11-20)23-24(22(25)15-29-23)13-19(21-14-26-16-27-21)12-17-6-4-3-5-7-17/h3-11,14,19,23H,2,12-13,15-16H2,1H3. The first-order chi connectivity index (χ1) is 14.2. The lowest BCUT2D eigenvalue weighted by molar-refractivity contribution is -0.128. The fraction of sp³-hybridized carbons (Fsp3) is 0.348. The first kappa shape index (κ1) is 20.2. The largest absolute Gasteiger partial charge is 0.462 e. The summed E-state index contributed by atoms with van der Waals surface area (Å²) >= 11 is 3.53. The topological polar surface area (TPSA) is 38.8 Å². The maximum absolute atomic E-state index is 12.7. The number of ether oxygens (including phenoxy) is 2. The third-order valence-corrected chi connectivity index (χ3v) is 7.23. The van der Waals surface area contributed by atoms with Gasteiger partial charge in [-0.1, -0.05) is 49.4 Å². The highest BCUT2D eigenvalue weighted by Crippen LogP contribution is 2.40. The molecular weight excluding hydrogens is 402 g/mol. The lowest BCUT2D eigenvalue weighted by Crippen LogP contribution is -2.34. The Kier molecular flexibility index (Phi) is 6.72. The molecule has 2 atom stereocenters. The van der Waals surface area contributed by atoms with Crippen molar-refractivity contribution < 1.29 is 14.3 Å². The number of rotatable bonds is 8. The fourth-order valence-corrected chi connectivity index (χ4v) is 5.54. The maximum Gasteiger partial charge on any atom is 0.233 e. The van der Waals surface area contributed by atoms with E-state index in [0.717, 1.165) is 17.9 Å². The Bertz CT molecular complexity index is 854. The Hall–Kier alpha value is -2.05. The predicted octanol–water partition coefficient (Wildman–Crippen LogP) is 5.08. The van der Waals surface area contributed by atoms with Crippen molar-refractivity contribution in [1.82, 2.24) is 4.90 Å². The van der Waals surface area contributed by atoms with Crippen LogP contribution < -0.4 is 0 Å². The van der Waals surface area contributed by atoms with E-state index < -0.39 is 0 Å². The van der Waals surface area contributed by atoms with Crippen LogP contribution in [0.2, 0.25) is 0 Å². The molecule has 0 spiro atoms. The molecule has 2 aromatic carbocycles. The molecule has 2 unspecified atom stereocenters. The van der Waals surface area contributed by atoms with Gasteiger partial charge in [0.05, 0.1) is 5.75 Å². The lowest BCUT2D eigenvalue weighted by atomic mass is 9.96. The lowest BCUT2D eigenvalue weighted by Gasteiger charge is -2.29. The SMILES string of the molecule is CCSc1ccc(C2SCC(=O)N2CC(Cc2ccccc2)C2=COCO2)cc1. The van der Waals surface area contributed by atoms with Crippen LogP contribution in [0.5, 0.6) is 0 Å². The predicted molar refractivity (Wildman–Crippen MR) is 119 cm³/mol. The normalized spacial score (nSPS) is 19.6. The van der Waals surface area contributed by atoms with E-state index >= 15 is 0 Å². The summed E-state index contributed by atoms with van der Waals surface area (Å²) in [5.74, 6) is 2.65. The van der Waals surface area contributed by atoms with Crippen molar-refractivity contribution >= 4 is 29.4 Å². The highest BCUT2D eigenvalue weighted by atomic mass is 32.2. The number of carbonyl (C=O) groups is 1. The van der Waals surface area contributed by atoms with Crippen LogP contribution in [0.25, 0.3) is 0 Å². The van der Waals surface area contributed by atoms with Crippen LogP contribution in [0.15, 0.2) is 71.5 Å². The van der Waals surface area contributed by atoms with Gasteiger partial charge in [0, 0.05) is 17.4 Å². The summed E-state index contributed by atoms with van der Waals surface area (Å²) in [6.07, 6.45) is 2.51. The van der Waals surface area contributed by atoms with E-state index in [4.69, 9.17) is 9.47 Å². The molecule has 0 radical (unpaired) electrons. The van der Waals surface area contributed by atoms with Gasteiger partial charge in [-0.2, -0.15) is 0 Å². The third kappa shape index (κ3) is 4.93. The minimum atomic E-state index is 0.0457. The molecule has 4 rings (SSSR count). The van der Waals surface area contributed by atoms with E-state index in [2.05, 4.69) is 43.3 Å². The Balaban J connectivity index is 1.53. The molecule has 2 aliphatic heterocycles. The Labute approximate surface area is 180 Å². The first-order valence-electron chi connectivity index (χ1n) is 9.87. The van der Waals surface area contributed by atoms with Crippen LogP contribution in [0.4, 0.5) is 0 Å². The van der Waals surface area contributed by atoms with E-state index in [1.807, 2.05) is 34.9 Å². The molecule has 1 saturated heterocycles. The number of carbonyl (C=O) groups excluding carboxylic acids is 1.